The Kier molecular flexibility index (Phi) is 5.59. The van der Waals surface area contributed by atoms with Crippen LogP contribution >= 0.6 is 7.75 Å². The summed E-state index contributed by atoms with van der Waals surface area (Å²) in [6.45, 7) is 1.80. The minimum absolute atomic E-state index is 0.0597. The minimum atomic E-state index is -4.73. The molecule has 2 unspecified atom stereocenters. The molecular formula is C16H20NO7P. The highest BCUT2D eigenvalue weighted by molar-refractivity contribution is 7.53. The average Bonchev–Trinajstić information content (AvgIpc) is 2.47. The van der Waals surface area contributed by atoms with Gasteiger partial charge in [0, 0.05) is 23.6 Å². The second-order valence-electron chi connectivity index (χ2n) is 5.63. The smallest absolute Gasteiger partial charge is 0.427 e. The highest BCUT2D eigenvalue weighted by atomic mass is 31.2. The van der Waals surface area contributed by atoms with Crippen LogP contribution in [0.1, 0.15) is 36.5 Å². The number of phenols is 3. The monoisotopic (exact) mass is 369 g/mol. The highest BCUT2D eigenvalue weighted by Crippen LogP contribution is 2.46. The van der Waals surface area contributed by atoms with Gasteiger partial charge in [-0.3, -0.25) is 5.09 Å². The lowest BCUT2D eigenvalue weighted by atomic mass is 9.86. The van der Waals surface area contributed by atoms with Crippen LogP contribution in [-0.4, -0.2) is 30.2 Å². The zero-order valence-corrected chi connectivity index (χ0v) is 14.3. The molecule has 2 aromatic rings. The number of anilines is 1. The molecule has 2 rings (SSSR count). The van der Waals surface area contributed by atoms with E-state index in [9.17, 15) is 25.0 Å². The Balaban J connectivity index is 2.50. The molecule has 0 saturated carbocycles. The summed E-state index contributed by atoms with van der Waals surface area (Å²) in [6, 6.07) is 8.13. The zero-order valence-electron chi connectivity index (χ0n) is 13.4. The number of hydrogen-bond acceptors (Lipinski definition) is 5. The van der Waals surface area contributed by atoms with Gasteiger partial charge in [0.05, 0.1) is 11.8 Å². The van der Waals surface area contributed by atoms with E-state index in [4.69, 9.17) is 9.79 Å². The third-order valence-corrected chi connectivity index (χ3v) is 4.38. The molecule has 0 saturated heterocycles. The van der Waals surface area contributed by atoms with Crippen molar-refractivity contribution in [3.8, 4) is 17.2 Å². The maximum absolute atomic E-state index is 11.3. The van der Waals surface area contributed by atoms with Crippen LogP contribution < -0.4 is 5.09 Å². The number of benzene rings is 2. The predicted molar refractivity (Wildman–Crippen MR) is 91.5 cm³/mol. The van der Waals surface area contributed by atoms with E-state index < -0.39 is 31.3 Å². The lowest BCUT2D eigenvalue weighted by molar-refractivity contribution is 0.140. The number of rotatable bonds is 6. The minimum Gasteiger partial charge on any atom is -0.508 e. The quantitative estimate of drug-likeness (QED) is 0.384. The van der Waals surface area contributed by atoms with Crippen molar-refractivity contribution in [1.82, 2.24) is 0 Å². The molecule has 136 valence electrons. The van der Waals surface area contributed by atoms with E-state index in [0.29, 0.717) is 12.0 Å². The lowest BCUT2D eigenvalue weighted by Gasteiger charge is -2.26. The fraction of sp³-hybridized carbons (Fsp3) is 0.250. The Morgan fingerprint density at radius 2 is 1.64 bits per heavy atom. The van der Waals surface area contributed by atoms with E-state index in [-0.39, 0.29) is 17.0 Å². The first kappa shape index (κ1) is 19.1. The summed E-state index contributed by atoms with van der Waals surface area (Å²) < 4.78 is 11.3. The summed E-state index contributed by atoms with van der Waals surface area (Å²) in [5.41, 5.74) is 0.263. The third kappa shape index (κ3) is 4.64. The Morgan fingerprint density at radius 3 is 2.16 bits per heavy atom. The van der Waals surface area contributed by atoms with Crippen molar-refractivity contribution in [2.24, 2.45) is 0 Å². The number of aromatic hydroxyl groups is 3. The second-order valence-corrected chi connectivity index (χ2v) is 6.94. The topological polar surface area (TPSA) is 150 Å². The van der Waals surface area contributed by atoms with E-state index in [1.165, 1.54) is 12.1 Å². The molecule has 0 bridgehead atoms. The summed E-state index contributed by atoms with van der Waals surface area (Å²) >= 11 is 0. The highest BCUT2D eigenvalue weighted by Gasteiger charge is 2.29. The lowest BCUT2D eigenvalue weighted by Crippen LogP contribution is -2.13. The predicted octanol–water partition coefficient (Wildman–Crippen LogP) is 2.54. The SMILES string of the molecule is CCC(c1ccc(O)cc1)C(O)c1c(O)cc(O)cc1NP(=O)(O)O. The van der Waals surface area contributed by atoms with Crippen LogP contribution in [0.2, 0.25) is 0 Å². The Labute approximate surface area is 144 Å². The maximum atomic E-state index is 11.3. The van der Waals surface area contributed by atoms with Gasteiger partial charge in [0.25, 0.3) is 0 Å². The van der Waals surface area contributed by atoms with Gasteiger partial charge in [0.2, 0.25) is 0 Å². The molecule has 7 N–H and O–H groups in total. The first-order valence-electron chi connectivity index (χ1n) is 7.49. The van der Waals surface area contributed by atoms with Gasteiger partial charge in [-0.25, -0.2) is 4.57 Å². The van der Waals surface area contributed by atoms with Gasteiger partial charge in [-0.15, -0.1) is 0 Å². The van der Waals surface area contributed by atoms with Gasteiger partial charge in [-0.1, -0.05) is 19.1 Å². The van der Waals surface area contributed by atoms with Gasteiger partial charge in [0.15, 0.2) is 0 Å². The van der Waals surface area contributed by atoms with E-state index in [0.717, 1.165) is 12.1 Å². The Bertz CT molecular complexity index is 788. The Hall–Kier alpha value is -2.25. The summed E-state index contributed by atoms with van der Waals surface area (Å²) in [5.74, 6) is -1.37. The van der Waals surface area contributed by atoms with Crippen LogP contribution in [0.25, 0.3) is 0 Å². The first-order valence-corrected chi connectivity index (χ1v) is 9.10. The van der Waals surface area contributed by atoms with E-state index >= 15 is 0 Å². The molecule has 8 nitrogen and oxygen atoms in total. The zero-order chi connectivity index (χ0) is 18.8. The molecule has 9 heteroatoms. The number of aliphatic hydroxyl groups excluding tert-OH is 1. The van der Waals surface area contributed by atoms with Crippen LogP contribution in [0.4, 0.5) is 5.69 Å². The Morgan fingerprint density at radius 1 is 1.04 bits per heavy atom. The summed E-state index contributed by atoms with van der Waals surface area (Å²) in [7, 11) is -4.73. The summed E-state index contributed by atoms with van der Waals surface area (Å²) in [6.07, 6.45) is -0.870. The van der Waals surface area contributed by atoms with Crippen LogP contribution in [0.5, 0.6) is 17.2 Å². The first-order chi connectivity index (χ1) is 11.6. The van der Waals surface area contributed by atoms with E-state index in [1.807, 2.05) is 5.09 Å². The molecule has 0 aliphatic carbocycles. The molecule has 0 fully saturated rings. The van der Waals surface area contributed by atoms with Crippen LogP contribution in [0.15, 0.2) is 36.4 Å². The van der Waals surface area contributed by atoms with Gasteiger partial charge < -0.3 is 30.2 Å². The summed E-state index contributed by atoms with van der Waals surface area (Å²) in [5, 5.41) is 41.7. The largest absolute Gasteiger partial charge is 0.508 e. The average molecular weight is 369 g/mol. The molecule has 2 aromatic carbocycles. The molecular weight excluding hydrogens is 349 g/mol. The van der Waals surface area contributed by atoms with Gasteiger partial charge in [-0.05, 0) is 24.1 Å². The third-order valence-electron chi connectivity index (χ3n) is 3.85. The molecule has 0 aromatic heterocycles. The van der Waals surface area contributed by atoms with E-state index in [2.05, 4.69) is 0 Å². The van der Waals surface area contributed by atoms with Crippen LogP contribution in [-0.2, 0) is 4.57 Å². The van der Waals surface area contributed by atoms with Gasteiger partial charge in [0.1, 0.15) is 17.2 Å². The van der Waals surface area contributed by atoms with Crippen molar-refractivity contribution in [3.05, 3.63) is 47.5 Å². The van der Waals surface area contributed by atoms with Crippen LogP contribution in [0, 0.1) is 0 Å². The molecule has 0 aliphatic heterocycles. The standard InChI is InChI=1S/C16H20NO7P/c1-2-12(9-3-5-10(18)6-4-9)16(21)15-13(17-25(22,23)24)7-11(19)8-14(15)20/h3-8,12,16,18-21H,2H2,1H3,(H3,17,22,23,24). The summed E-state index contributed by atoms with van der Waals surface area (Å²) in [4.78, 5) is 18.3. The van der Waals surface area contributed by atoms with Crippen molar-refractivity contribution in [2.75, 3.05) is 5.09 Å². The second kappa shape index (κ2) is 7.33. The van der Waals surface area contributed by atoms with E-state index in [1.54, 1.807) is 19.1 Å². The molecule has 2 atom stereocenters. The number of aliphatic hydroxyl groups is 1. The van der Waals surface area contributed by atoms with Crippen molar-refractivity contribution in [1.29, 1.82) is 0 Å². The fourth-order valence-corrected chi connectivity index (χ4v) is 3.25. The van der Waals surface area contributed by atoms with Gasteiger partial charge in [-0.2, -0.15) is 0 Å². The molecule has 0 amide bonds. The van der Waals surface area contributed by atoms with Crippen molar-refractivity contribution < 1.29 is 34.8 Å². The normalized spacial score (nSPS) is 14.1. The molecule has 0 radical (unpaired) electrons. The molecule has 0 aliphatic rings. The van der Waals surface area contributed by atoms with Crippen molar-refractivity contribution in [3.63, 3.8) is 0 Å². The fourth-order valence-electron chi connectivity index (χ4n) is 2.75. The number of phenolic OH excluding ortho intramolecular Hbond substituents is 3. The van der Waals surface area contributed by atoms with Crippen molar-refractivity contribution >= 4 is 13.4 Å². The molecule has 25 heavy (non-hydrogen) atoms. The van der Waals surface area contributed by atoms with Gasteiger partial charge >= 0.3 is 7.75 Å². The molecule has 0 heterocycles. The number of hydrogen-bond donors (Lipinski definition) is 7. The van der Waals surface area contributed by atoms with Crippen LogP contribution in [0.3, 0.4) is 0 Å². The number of nitrogens with one attached hydrogen (secondary N) is 1. The molecule has 0 spiro atoms. The maximum Gasteiger partial charge on any atom is 0.427 e. The van der Waals surface area contributed by atoms with Crippen molar-refractivity contribution in [2.45, 2.75) is 25.4 Å².